The molecule has 3 aromatic rings. The van der Waals surface area contributed by atoms with E-state index in [4.69, 9.17) is 21.6 Å². The molecule has 0 fully saturated rings. The molecule has 0 spiro atoms. The fraction of sp³-hybridized carbons (Fsp3) is 0.0952. The Balaban J connectivity index is 1.69. The van der Waals surface area contributed by atoms with E-state index in [1.165, 1.54) is 30.5 Å². The van der Waals surface area contributed by atoms with E-state index in [0.29, 0.717) is 22.4 Å². The van der Waals surface area contributed by atoms with Crippen molar-refractivity contribution in [2.75, 3.05) is 6.86 Å². The summed E-state index contributed by atoms with van der Waals surface area (Å²) in [6, 6.07) is 8.84. The lowest BCUT2D eigenvalue weighted by Gasteiger charge is -2.08. The van der Waals surface area contributed by atoms with E-state index in [2.05, 4.69) is 9.98 Å². The molecule has 2 aromatic carbocycles. The predicted octanol–water partition coefficient (Wildman–Crippen LogP) is 4.16. The fourth-order valence-corrected chi connectivity index (χ4v) is 3.44. The zero-order chi connectivity index (χ0) is 22.1. The lowest BCUT2D eigenvalue weighted by molar-refractivity contribution is 0.192. The van der Waals surface area contributed by atoms with Gasteiger partial charge in [0.15, 0.2) is 5.75 Å². The van der Waals surface area contributed by atoms with Crippen LogP contribution < -0.4 is 10.4 Å². The number of halogens is 3. The minimum absolute atomic E-state index is 0.0967. The first-order valence-corrected chi connectivity index (χ1v) is 9.28. The second-order valence-electron chi connectivity index (χ2n) is 6.56. The molecule has 0 bridgehead atoms. The Hall–Kier alpha value is -3.90. The number of aromatic hydroxyl groups is 1. The average Bonchev–Trinajstić information content (AvgIpc) is 3.26. The molecule has 0 amide bonds. The maximum Gasteiger partial charge on any atom is 0.329 e. The second kappa shape index (κ2) is 8.08. The number of nitrogens with one attached hydrogen (secondary N) is 1. The molecule has 0 saturated carbocycles. The Kier molecular flexibility index (Phi) is 5.31. The molecule has 10 heteroatoms. The summed E-state index contributed by atoms with van der Waals surface area (Å²) in [6.07, 6.45) is 2.96. The van der Waals surface area contributed by atoms with Crippen LogP contribution in [-0.2, 0) is 6.54 Å². The number of benzene rings is 2. The van der Waals surface area contributed by atoms with Crippen LogP contribution in [0.5, 0.6) is 11.6 Å². The number of allylic oxidation sites excluding steroid dienone is 1. The highest BCUT2D eigenvalue weighted by molar-refractivity contribution is 6.33. The molecule has 1 aliphatic heterocycles. The van der Waals surface area contributed by atoms with Crippen LogP contribution in [0.1, 0.15) is 22.4 Å². The molecule has 2 heterocycles. The summed E-state index contributed by atoms with van der Waals surface area (Å²) in [5, 5.41) is 19.6. The number of imidazole rings is 1. The number of H-pyrrole nitrogens is 1. The van der Waals surface area contributed by atoms with Gasteiger partial charge in [0.05, 0.1) is 17.1 Å². The molecule has 1 aliphatic rings. The van der Waals surface area contributed by atoms with Crippen molar-refractivity contribution in [2.45, 2.75) is 6.54 Å². The molecule has 31 heavy (non-hydrogen) atoms. The van der Waals surface area contributed by atoms with Crippen LogP contribution in [-0.4, -0.2) is 27.7 Å². The van der Waals surface area contributed by atoms with E-state index in [1.807, 2.05) is 0 Å². The monoisotopic (exact) mass is 442 g/mol. The van der Waals surface area contributed by atoms with Gasteiger partial charge in [-0.1, -0.05) is 23.7 Å². The number of nitriles is 1. The third kappa shape index (κ3) is 3.69. The highest BCUT2D eigenvalue weighted by atomic mass is 35.5. The molecule has 0 radical (unpaired) electrons. The highest BCUT2D eigenvalue weighted by Crippen LogP contribution is 2.44. The third-order valence-corrected chi connectivity index (χ3v) is 5.00. The van der Waals surface area contributed by atoms with Crippen LogP contribution >= 0.6 is 11.6 Å². The number of fused-ring (bicyclic) bond motifs is 1. The largest absolute Gasteiger partial charge is 0.493 e. The lowest BCUT2D eigenvalue weighted by atomic mass is 10.1. The molecule has 1 aromatic heterocycles. The van der Waals surface area contributed by atoms with Crippen molar-refractivity contribution in [1.82, 2.24) is 9.55 Å². The molecule has 2 N–H and O–H groups in total. The summed E-state index contributed by atoms with van der Waals surface area (Å²) < 4.78 is 32.4. The van der Waals surface area contributed by atoms with Crippen molar-refractivity contribution in [3.05, 3.63) is 74.0 Å². The Morgan fingerprint density at radius 2 is 2.16 bits per heavy atom. The van der Waals surface area contributed by atoms with E-state index >= 15 is 0 Å². The third-order valence-electron chi connectivity index (χ3n) is 4.70. The van der Waals surface area contributed by atoms with Gasteiger partial charge < -0.3 is 14.8 Å². The van der Waals surface area contributed by atoms with E-state index in [9.17, 15) is 18.7 Å². The summed E-state index contributed by atoms with van der Waals surface area (Å²) in [7, 11) is 0. The molecule has 0 unspecified atom stereocenters. The number of hydrogen-bond acceptors (Lipinski definition) is 5. The number of aliphatic imine (C=N–C) groups is 1. The minimum Gasteiger partial charge on any atom is -0.493 e. The summed E-state index contributed by atoms with van der Waals surface area (Å²) in [5.74, 6) is -0.980. The molecule has 0 atom stereocenters. The molecule has 7 nitrogen and oxygen atoms in total. The van der Waals surface area contributed by atoms with Gasteiger partial charge >= 0.3 is 5.69 Å². The van der Waals surface area contributed by atoms with Crippen LogP contribution in [0.15, 0.2) is 40.1 Å². The molecular weight excluding hydrogens is 430 g/mol. The van der Waals surface area contributed by atoms with Gasteiger partial charge in [-0.2, -0.15) is 5.26 Å². The summed E-state index contributed by atoms with van der Waals surface area (Å²) in [4.78, 5) is 19.1. The van der Waals surface area contributed by atoms with Gasteiger partial charge in [-0.3, -0.25) is 9.56 Å². The van der Waals surface area contributed by atoms with Crippen molar-refractivity contribution < 1.29 is 18.6 Å². The SMILES string of the molecule is N#Cc1ccc(Cn2c(O)c(/C=C3\C=Nc4c3ccc(Cl)c4OCF)[nH]c2=O)cc1F. The topological polar surface area (TPSA) is 103 Å². The zero-order valence-electron chi connectivity index (χ0n) is 15.7. The predicted molar refractivity (Wildman–Crippen MR) is 111 cm³/mol. The van der Waals surface area contributed by atoms with Gasteiger partial charge in [0.25, 0.3) is 0 Å². The van der Waals surface area contributed by atoms with Crippen LogP contribution in [0.2, 0.25) is 5.02 Å². The van der Waals surface area contributed by atoms with Crippen molar-refractivity contribution in [1.29, 1.82) is 5.26 Å². The van der Waals surface area contributed by atoms with Crippen molar-refractivity contribution in [2.24, 2.45) is 4.99 Å². The van der Waals surface area contributed by atoms with E-state index in [1.54, 1.807) is 12.1 Å². The Morgan fingerprint density at radius 1 is 1.35 bits per heavy atom. The number of rotatable bonds is 5. The first-order valence-electron chi connectivity index (χ1n) is 8.90. The number of ether oxygens (including phenoxy) is 1. The van der Waals surface area contributed by atoms with Gasteiger partial charge in [-0.25, -0.2) is 13.6 Å². The van der Waals surface area contributed by atoms with E-state index < -0.39 is 18.4 Å². The lowest BCUT2D eigenvalue weighted by Crippen LogP contribution is -2.17. The Morgan fingerprint density at radius 3 is 2.87 bits per heavy atom. The maximum absolute atomic E-state index is 13.8. The van der Waals surface area contributed by atoms with Gasteiger partial charge in [-0.15, -0.1) is 0 Å². The van der Waals surface area contributed by atoms with Gasteiger partial charge in [0, 0.05) is 17.4 Å². The van der Waals surface area contributed by atoms with Crippen LogP contribution in [0.3, 0.4) is 0 Å². The second-order valence-corrected chi connectivity index (χ2v) is 6.97. The van der Waals surface area contributed by atoms with Gasteiger partial charge in [0.1, 0.15) is 23.3 Å². The number of alkyl halides is 1. The van der Waals surface area contributed by atoms with Crippen LogP contribution in [0, 0.1) is 17.1 Å². The van der Waals surface area contributed by atoms with Crippen molar-refractivity contribution in [3.63, 3.8) is 0 Å². The van der Waals surface area contributed by atoms with E-state index in [-0.39, 0.29) is 34.5 Å². The van der Waals surface area contributed by atoms with Crippen molar-refractivity contribution in [3.8, 4) is 17.7 Å². The van der Waals surface area contributed by atoms with Crippen LogP contribution in [0.4, 0.5) is 14.5 Å². The normalized spacial score (nSPS) is 13.4. The molecular formula is C21H13ClF2N4O3. The summed E-state index contributed by atoms with van der Waals surface area (Å²) in [5.41, 5.74) is 1.22. The van der Waals surface area contributed by atoms with Gasteiger partial charge in [-0.05, 0) is 29.8 Å². The molecule has 156 valence electrons. The maximum atomic E-state index is 13.8. The zero-order valence-corrected chi connectivity index (χ0v) is 16.5. The standard InChI is InChI=1S/C21H13ClF2N4O3/c22-15-4-3-14-13(8-26-18(14)19(15)31-10-23)6-17-20(29)28(21(30)27-17)9-11-1-2-12(7-25)16(24)5-11/h1-6,8,29H,9-10H2,(H,27,30)/b13-6+. The number of aromatic nitrogens is 2. The molecule has 0 aliphatic carbocycles. The number of hydrogen-bond donors (Lipinski definition) is 2. The first-order chi connectivity index (χ1) is 14.9. The van der Waals surface area contributed by atoms with Crippen molar-refractivity contribution >= 4 is 35.2 Å². The molecule has 4 rings (SSSR count). The van der Waals surface area contributed by atoms with Gasteiger partial charge in [0.2, 0.25) is 12.7 Å². The van der Waals surface area contributed by atoms with E-state index in [0.717, 1.165) is 10.6 Å². The highest BCUT2D eigenvalue weighted by Gasteiger charge is 2.21. The number of aromatic amines is 1. The minimum atomic E-state index is -1.07. The fourth-order valence-electron chi connectivity index (χ4n) is 3.23. The van der Waals surface area contributed by atoms with Crippen LogP contribution in [0.25, 0.3) is 11.6 Å². The smallest absolute Gasteiger partial charge is 0.329 e. The Labute approximate surface area is 179 Å². The Bertz CT molecular complexity index is 1350. The summed E-state index contributed by atoms with van der Waals surface area (Å²) in [6.45, 7) is -1.18. The average molecular weight is 443 g/mol. The summed E-state index contributed by atoms with van der Waals surface area (Å²) >= 11 is 6.03. The first kappa shape index (κ1) is 20.4. The quantitative estimate of drug-likeness (QED) is 0.619. The number of nitrogens with zero attached hydrogens (tertiary/aromatic N) is 3. The molecule has 0 saturated heterocycles.